The first-order valence-electron chi connectivity index (χ1n) is 4.57. The fraction of sp³-hybridized carbons (Fsp3) is 0.333. The summed E-state index contributed by atoms with van der Waals surface area (Å²) in [4.78, 5) is 0. The Hall–Kier alpha value is -0.760. The highest BCUT2D eigenvalue weighted by molar-refractivity contribution is 9.09. The van der Waals surface area contributed by atoms with E-state index in [9.17, 15) is 0 Å². The summed E-state index contributed by atoms with van der Waals surface area (Å²) in [6.45, 7) is 5.99. The second kappa shape index (κ2) is 4.65. The zero-order valence-corrected chi connectivity index (χ0v) is 9.92. The lowest BCUT2D eigenvalue weighted by molar-refractivity contribution is 0.472. The summed E-state index contributed by atoms with van der Waals surface area (Å²) >= 11 is 3.48. The largest absolute Gasteiger partial charge is 0.508 e. The van der Waals surface area contributed by atoms with Crippen LogP contribution in [0.15, 0.2) is 36.9 Å². The highest BCUT2D eigenvalue weighted by Gasteiger charge is 2.18. The van der Waals surface area contributed by atoms with Crippen LogP contribution in [0.3, 0.4) is 0 Å². The maximum atomic E-state index is 9.14. The Bertz CT molecular complexity index is 305. The van der Waals surface area contributed by atoms with E-state index in [0.717, 1.165) is 11.8 Å². The number of halogens is 1. The van der Waals surface area contributed by atoms with E-state index in [-0.39, 0.29) is 5.41 Å². The van der Waals surface area contributed by atoms with E-state index in [0.29, 0.717) is 5.75 Å². The van der Waals surface area contributed by atoms with Gasteiger partial charge in [0.25, 0.3) is 0 Å². The van der Waals surface area contributed by atoms with E-state index in [1.165, 1.54) is 5.56 Å². The molecule has 2 heteroatoms. The smallest absolute Gasteiger partial charge is 0.115 e. The summed E-state index contributed by atoms with van der Waals surface area (Å²) in [6.07, 6.45) is 2.90. The Labute approximate surface area is 93.6 Å². The van der Waals surface area contributed by atoms with Gasteiger partial charge in [-0.25, -0.2) is 0 Å². The summed E-state index contributed by atoms with van der Waals surface area (Å²) in [7, 11) is 0. The van der Waals surface area contributed by atoms with Gasteiger partial charge in [0.05, 0.1) is 0 Å². The Balaban J connectivity index is 2.77. The zero-order valence-electron chi connectivity index (χ0n) is 8.33. The summed E-state index contributed by atoms with van der Waals surface area (Å²) < 4.78 is 0. The van der Waals surface area contributed by atoms with Crippen molar-refractivity contribution in [2.24, 2.45) is 5.41 Å². The van der Waals surface area contributed by atoms with E-state index >= 15 is 0 Å². The van der Waals surface area contributed by atoms with Crippen LogP contribution in [-0.2, 0) is 6.42 Å². The number of hydrogen-bond acceptors (Lipinski definition) is 1. The van der Waals surface area contributed by atoms with Gasteiger partial charge in [-0.05, 0) is 29.5 Å². The Morgan fingerprint density at radius 3 is 2.43 bits per heavy atom. The van der Waals surface area contributed by atoms with Gasteiger partial charge in [-0.2, -0.15) is 0 Å². The minimum Gasteiger partial charge on any atom is -0.508 e. The van der Waals surface area contributed by atoms with Gasteiger partial charge < -0.3 is 5.11 Å². The molecule has 0 spiro atoms. The third-order valence-corrected chi connectivity index (χ3v) is 3.62. The van der Waals surface area contributed by atoms with Crippen LogP contribution in [0.1, 0.15) is 12.5 Å². The number of allylic oxidation sites excluding steroid dienone is 1. The van der Waals surface area contributed by atoms with Crippen LogP contribution < -0.4 is 0 Å². The molecule has 0 amide bonds. The van der Waals surface area contributed by atoms with E-state index in [1.54, 1.807) is 12.1 Å². The van der Waals surface area contributed by atoms with Crippen molar-refractivity contribution in [3.05, 3.63) is 42.5 Å². The van der Waals surface area contributed by atoms with Gasteiger partial charge >= 0.3 is 0 Å². The van der Waals surface area contributed by atoms with Gasteiger partial charge in [0.15, 0.2) is 0 Å². The SMILES string of the molecule is C=CC(C)(CBr)Cc1ccc(O)cc1. The fourth-order valence-corrected chi connectivity index (χ4v) is 1.68. The molecule has 0 bridgehead atoms. The van der Waals surface area contributed by atoms with Crippen LogP contribution in [0.2, 0.25) is 0 Å². The molecule has 1 unspecified atom stereocenters. The average Bonchev–Trinajstić information content (AvgIpc) is 2.21. The van der Waals surface area contributed by atoms with Crippen molar-refractivity contribution in [3.63, 3.8) is 0 Å². The summed E-state index contributed by atoms with van der Waals surface area (Å²) in [5.41, 5.74) is 1.29. The molecule has 0 fully saturated rings. The molecule has 1 aromatic rings. The van der Waals surface area contributed by atoms with E-state index in [4.69, 9.17) is 5.11 Å². The van der Waals surface area contributed by atoms with Gasteiger partial charge in [-0.15, -0.1) is 6.58 Å². The summed E-state index contributed by atoms with van der Waals surface area (Å²) in [5, 5.41) is 10.0. The average molecular weight is 255 g/mol. The number of benzene rings is 1. The van der Waals surface area contributed by atoms with Gasteiger partial charge in [-0.1, -0.05) is 41.1 Å². The minimum atomic E-state index is 0.0803. The van der Waals surface area contributed by atoms with Gasteiger partial charge in [0.2, 0.25) is 0 Å². The molecule has 14 heavy (non-hydrogen) atoms. The number of alkyl halides is 1. The van der Waals surface area contributed by atoms with Crippen molar-refractivity contribution in [1.82, 2.24) is 0 Å². The molecule has 1 rings (SSSR count). The monoisotopic (exact) mass is 254 g/mol. The lowest BCUT2D eigenvalue weighted by Crippen LogP contribution is -2.17. The van der Waals surface area contributed by atoms with Gasteiger partial charge in [-0.3, -0.25) is 0 Å². The molecule has 0 saturated heterocycles. The van der Waals surface area contributed by atoms with Crippen LogP contribution in [0.25, 0.3) is 0 Å². The molecular formula is C12H15BrO. The van der Waals surface area contributed by atoms with Crippen molar-refractivity contribution in [2.75, 3.05) is 5.33 Å². The van der Waals surface area contributed by atoms with Crippen molar-refractivity contribution in [2.45, 2.75) is 13.3 Å². The van der Waals surface area contributed by atoms with Crippen molar-refractivity contribution in [1.29, 1.82) is 0 Å². The lowest BCUT2D eigenvalue weighted by atomic mass is 9.86. The first-order chi connectivity index (χ1) is 6.59. The second-order valence-corrected chi connectivity index (χ2v) is 4.40. The van der Waals surface area contributed by atoms with Crippen LogP contribution in [0.4, 0.5) is 0 Å². The maximum Gasteiger partial charge on any atom is 0.115 e. The molecule has 1 nitrogen and oxygen atoms in total. The molecule has 0 aliphatic rings. The Morgan fingerprint density at radius 1 is 1.43 bits per heavy atom. The molecule has 0 aliphatic carbocycles. The molecule has 0 saturated carbocycles. The topological polar surface area (TPSA) is 20.2 Å². The molecule has 0 aromatic heterocycles. The van der Waals surface area contributed by atoms with Crippen molar-refractivity contribution >= 4 is 15.9 Å². The highest BCUT2D eigenvalue weighted by atomic mass is 79.9. The number of rotatable bonds is 4. The zero-order chi connectivity index (χ0) is 10.6. The number of aromatic hydroxyl groups is 1. The molecule has 0 heterocycles. The number of hydrogen-bond donors (Lipinski definition) is 1. The molecule has 0 radical (unpaired) electrons. The molecular weight excluding hydrogens is 240 g/mol. The summed E-state index contributed by atoms with van der Waals surface area (Å²) in [6, 6.07) is 7.32. The Morgan fingerprint density at radius 2 is 2.00 bits per heavy atom. The summed E-state index contributed by atoms with van der Waals surface area (Å²) in [5.74, 6) is 0.313. The number of phenols is 1. The molecule has 0 aliphatic heterocycles. The van der Waals surface area contributed by atoms with Crippen LogP contribution in [0, 0.1) is 5.41 Å². The molecule has 76 valence electrons. The number of phenolic OH excluding ortho intramolecular Hbond substituents is 1. The second-order valence-electron chi connectivity index (χ2n) is 3.84. The predicted molar refractivity (Wildman–Crippen MR) is 63.9 cm³/mol. The predicted octanol–water partition coefficient (Wildman–Crippen LogP) is 3.52. The quantitative estimate of drug-likeness (QED) is 0.644. The Kier molecular flexibility index (Phi) is 3.76. The van der Waals surface area contributed by atoms with E-state index in [1.807, 2.05) is 18.2 Å². The lowest BCUT2D eigenvalue weighted by Gasteiger charge is -2.22. The van der Waals surface area contributed by atoms with E-state index < -0.39 is 0 Å². The third-order valence-electron chi connectivity index (χ3n) is 2.34. The third kappa shape index (κ3) is 2.88. The van der Waals surface area contributed by atoms with Gasteiger partial charge in [0.1, 0.15) is 5.75 Å². The van der Waals surface area contributed by atoms with Crippen LogP contribution >= 0.6 is 15.9 Å². The van der Waals surface area contributed by atoms with Crippen LogP contribution in [-0.4, -0.2) is 10.4 Å². The first kappa shape index (κ1) is 11.3. The maximum absolute atomic E-state index is 9.14. The molecule has 1 N–H and O–H groups in total. The standard InChI is InChI=1S/C12H15BrO/c1-3-12(2,9-13)8-10-4-6-11(14)7-5-10/h3-7,14H,1,8-9H2,2H3. The van der Waals surface area contributed by atoms with E-state index in [2.05, 4.69) is 29.4 Å². The van der Waals surface area contributed by atoms with Crippen molar-refractivity contribution in [3.8, 4) is 5.75 Å². The van der Waals surface area contributed by atoms with Crippen molar-refractivity contribution < 1.29 is 5.11 Å². The van der Waals surface area contributed by atoms with Gasteiger partial charge in [0, 0.05) is 5.33 Å². The highest BCUT2D eigenvalue weighted by Crippen LogP contribution is 2.26. The molecule has 1 aromatic carbocycles. The molecule has 1 atom stereocenters. The first-order valence-corrected chi connectivity index (χ1v) is 5.69. The minimum absolute atomic E-state index is 0.0803. The van der Waals surface area contributed by atoms with Crippen LogP contribution in [0.5, 0.6) is 5.75 Å². The fourth-order valence-electron chi connectivity index (χ4n) is 1.25. The normalized spacial score (nSPS) is 14.7.